The van der Waals surface area contributed by atoms with E-state index < -0.39 is 0 Å². The first-order valence-electron chi connectivity index (χ1n) is 9.62. The fourth-order valence-electron chi connectivity index (χ4n) is 3.44. The van der Waals surface area contributed by atoms with Crippen LogP contribution >= 0.6 is 27.5 Å². The number of rotatable bonds is 4. The van der Waals surface area contributed by atoms with Crippen molar-refractivity contribution in [3.8, 4) is 17.3 Å². The number of halogens is 2. The lowest BCUT2D eigenvalue weighted by Crippen LogP contribution is -2.20. The Bertz CT molecular complexity index is 1570. The lowest BCUT2D eigenvalue weighted by Gasteiger charge is -2.08. The largest absolute Gasteiger partial charge is 0.496 e. The van der Waals surface area contributed by atoms with E-state index in [4.69, 9.17) is 20.8 Å². The molecule has 0 aliphatic carbocycles. The zero-order chi connectivity index (χ0) is 22.2. The topological polar surface area (TPSA) is 69.6 Å². The van der Waals surface area contributed by atoms with Crippen LogP contribution in [0.5, 0.6) is 5.75 Å². The first-order valence-corrected chi connectivity index (χ1v) is 10.8. The second-order valence-corrected chi connectivity index (χ2v) is 8.35. The summed E-state index contributed by atoms with van der Waals surface area (Å²) in [5.41, 5.74) is 1.54. The molecular formula is C24H15BrClN3O3. The zero-order valence-corrected chi connectivity index (χ0v) is 19.1. The van der Waals surface area contributed by atoms with Crippen molar-refractivity contribution in [3.63, 3.8) is 0 Å². The SMILES string of the molecule is COc1ccc(Cl)cc1C=Nn1c(-c2cc3cc(Br)ccc3o2)nc2ccccc2c1=O. The van der Waals surface area contributed by atoms with E-state index in [2.05, 4.69) is 26.0 Å². The lowest BCUT2D eigenvalue weighted by atomic mass is 10.2. The summed E-state index contributed by atoms with van der Waals surface area (Å²) in [6, 6.07) is 19.8. The molecule has 0 spiro atoms. The van der Waals surface area contributed by atoms with Crippen LogP contribution in [0.1, 0.15) is 5.56 Å². The minimum Gasteiger partial charge on any atom is -0.496 e. The van der Waals surface area contributed by atoms with Gasteiger partial charge in [-0.05, 0) is 54.6 Å². The number of aromatic nitrogens is 2. The molecule has 0 bridgehead atoms. The van der Waals surface area contributed by atoms with Gasteiger partial charge in [0, 0.05) is 20.4 Å². The van der Waals surface area contributed by atoms with Crippen molar-refractivity contribution in [2.24, 2.45) is 5.10 Å². The highest BCUT2D eigenvalue weighted by atomic mass is 79.9. The summed E-state index contributed by atoms with van der Waals surface area (Å²) in [5.74, 6) is 1.30. The number of nitrogens with zero attached hydrogens (tertiary/aromatic N) is 3. The molecule has 0 aliphatic heterocycles. The van der Waals surface area contributed by atoms with Crippen LogP contribution in [-0.4, -0.2) is 23.0 Å². The quantitative estimate of drug-likeness (QED) is 0.274. The Morgan fingerprint density at radius 3 is 2.81 bits per heavy atom. The second kappa shape index (κ2) is 8.26. The number of fused-ring (bicyclic) bond motifs is 2. The summed E-state index contributed by atoms with van der Waals surface area (Å²) < 4.78 is 13.5. The maximum absolute atomic E-state index is 13.3. The molecule has 0 amide bonds. The highest BCUT2D eigenvalue weighted by molar-refractivity contribution is 9.10. The fourth-order valence-corrected chi connectivity index (χ4v) is 4.00. The highest BCUT2D eigenvalue weighted by Crippen LogP contribution is 2.29. The Morgan fingerprint density at radius 1 is 1.12 bits per heavy atom. The molecule has 0 N–H and O–H groups in total. The van der Waals surface area contributed by atoms with Crippen LogP contribution in [0.25, 0.3) is 33.5 Å². The molecule has 0 atom stereocenters. The minimum atomic E-state index is -0.315. The van der Waals surface area contributed by atoms with Crippen molar-refractivity contribution in [2.75, 3.05) is 7.11 Å². The maximum Gasteiger partial charge on any atom is 0.282 e. The van der Waals surface area contributed by atoms with Gasteiger partial charge in [-0.25, -0.2) is 4.98 Å². The molecule has 0 radical (unpaired) electrons. The van der Waals surface area contributed by atoms with Crippen LogP contribution in [0.3, 0.4) is 0 Å². The molecule has 32 heavy (non-hydrogen) atoms. The number of hydrogen-bond acceptors (Lipinski definition) is 5. The van der Waals surface area contributed by atoms with Crippen LogP contribution < -0.4 is 10.3 Å². The van der Waals surface area contributed by atoms with Gasteiger partial charge < -0.3 is 9.15 Å². The van der Waals surface area contributed by atoms with E-state index in [9.17, 15) is 4.79 Å². The monoisotopic (exact) mass is 507 g/mol. The predicted octanol–water partition coefficient (Wildman–Crippen LogP) is 6.12. The second-order valence-electron chi connectivity index (χ2n) is 6.99. The van der Waals surface area contributed by atoms with E-state index in [1.54, 1.807) is 43.5 Å². The molecule has 5 aromatic rings. The van der Waals surface area contributed by atoms with Crippen molar-refractivity contribution in [1.29, 1.82) is 0 Å². The van der Waals surface area contributed by atoms with Gasteiger partial charge in [-0.1, -0.05) is 39.7 Å². The average molecular weight is 509 g/mol. The molecule has 0 unspecified atom stereocenters. The molecule has 8 heteroatoms. The third kappa shape index (κ3) is 3.70. The summed E-state index contributed by atoms with van der Waals surface area (Å²) in [7, 11) is 1.56. The minimum absolute atomic E-state index is 0.290. The van der Waals surface area contributed by atoms with Gasteiger partial charge in [0.2, 0.25) is 5.82 Å². The van der Waals surface area contributed by atoms with Gasteiger partial charge in [0.05, 0.1) is 24.2 Å². The van der Waals surface area contributed by atoms with E-state index in [1.807, 2.05) is 30.3 Å². The van der Waals surface area contributed by atoms with E-state index in [-0.39, 0.29) is 5.56 Å². The van der Waals surface area contributed by atoms with Crippen molar-refractivity contribution in [1.82, 2.24) is 9.66 Å². The molecule has 0 fully saturated rings. The Kier molecular flexibility index (Phi) is 5.28. The summed E-state index contributed by atoms with van der Waals surface area (Å²) in [6.45, 7) is 0. The Balaban J connectivity index is 1.74. The number of methoxy groups -OCH3 is 1. The number of para-hydroxylation sites is 1. The molecule has 2 heterocycles. The van der Waals surface area contributed by atoms with Crippen LogP contribution in [0, 0.1) is 0 Å². The van der Waals surface area contributed by atoms with Crippen molar-refractivity contribution >= 4 is 55.6 Å². The predicted molar refractivity (Wildman–Crippen MR) is 130 cm³/mol. The fraction of sp³-hybridized carbons (Fsp3) is 0.0417. The summed E-state index contributed by atoms with van der Waals surface area (Å²) in [6.07, 6.45) is 1.52. The third-order valence-electron chi connectivity index (χ3n) is 4.96. The number of benzene rings is 3. The molecule has 5 rings (SSSR count). The Labute approximate surface area is 195 Å². The lowest BCUT2D eigenvalue weighted by molar-refractivity contribution is 0.414. The van der Waals surface area contributed by atoms with Crippen LogP contribution in [-0.2, 0) is 0 Å². The molecule has 2 aromatic heterocycles. The van der Waals surface area contributed by atoms with Crippen molar-refractivity contribution < 1.29 is 9.15 Å². The maximum atomic E-state index is 13.3. The number of furan rings is 1. The van der Waals surface area contributed by atoms with Gasteiger partial charge in [0.25, 0.3) is 5.56 Å². The molecule has 0 aliphatic rings. The normalized spacial score (nSPS) is 11.6. The Morgan fingerprint density at radius 2 is 1.97 bits per heavy atom. The van der Waals surface area contributed by atoms with Crippen molar-refractivity contribution in [3.05, 3.63) is 92.1 Å². The smallest absolute Gasteiger partial charge is 0.282 e. The molecule has 0 saturated carbocycles. The number of ether oxygens (including phenoxy) is 1. The van der Waals surface area contributed by atoms with Gasteiger partial charge >= 0.3 is 0 Å². The van der Waals surface area contributed by atoms with Crippen molar-refractivity contribution in [2.45, 2.75) is 0 Å². The highest BCUT2D eigenvalue weighted by Gasteiger charge is 2.16. The molecule has 6 nitrogen and oxygen atoms in total. The Hall–Kier alpha value is -3.42. The van der Waals surface area contributed by atoms with Gasteiger partial charge in [-0.3, -0.25) is 4.79 Å². The first-order chi connectivity index (χ1) is 15.5. The van der Waals surface area contributed by atoms with E-state index in [1.165, 1.54) is 10.9 Å². The standard InChI is InChI=1S/C24H15BrClN3O3/c1-31-20-9-7-17(26)11-15(20)13-27-29-23(28-19-5-3-2-4-18(19)24(29)30)22-12-14-10-16(25)6-8-21(14)32-22/h2-13H,1H3. The number of hydrogen-bond donors (Lipinski definition) is 0. The molecule has 3 aromatic carbocycles. The van der Waals surface area contributed by atoms with E-state index in [0.717, 1.165) is 9.86 Å². The molecule has 0 saturated heterocycles. The third-order valence-corrected chi connectivity index (χ3v) is 5.68. The zero-order valence-electron chi connectivity index (χ0n) is 16.8. The van der Waals surface area contributed by atoms with Crippen LogP contribution in [0.4, 0.5) is 0 Å². The van der Waals surface area contributed by atoms with Gasteiger partial charge in [-0.15, -0.1) is 0 Å². The summed E-state index contributed by atoms with van der Waals surface area (Å²) in [5, 5.41) is 6.30. The van der Waals surface area contributed by atoms with Crippen LogP contribution in [0.2, 0.25) is 5.02 Å². The summed E-state index contributed by atoms with van der Waals surface area (Å²) in [4.78, 5) is 18.0. The van der Waals surface area contributed by atoms with E-state index >= 15 is 0 Å². The molecular weight excluding hydrogens is 494 g/mol. The van der Waals surface area contributed by atoms with E-state index in [0.29, 0.717) is 44.4 Å². The molecule has 158 valence electrons. The van der Waals surface area contributed by atoms with Gasteiger partial charge in [0.1, 0.15) is 11.3 Å². The summed E-state index contributed by atoms with van der Waals surface area (Å²) >= 11 is 9.60. The average Bonchev–Trinajstić information content (AvgIpc) is 3.21. The van der Waals surface area contributed by atoms with Crippen LogP contribution in [0.15, 0.2) is 85.5 Å². The van der Waals surface area contributed by atoms with Gasteiger partial charge in [-0.2, -0.15) is 9.78 Å². The van der Waals surface area contributed by atoms with Gasteiger partial charge in [0.15, 0.2) is 5.76 Å². The first kappa shape index (κ1) is 20.5.